The first-order valence-corrected chi connectivity index (χ1v) is 12.0. The van der Waals surface area contributed by atoms with Crippen molar-refractivity contribution in [2.24, 2.45) is 0 Å². The predicted octanol–water partition coefficient (Wildman–Crippen LogP) is 5.57. The van der Waals surface area contributed by atoms with Gasteiger partial charge in [-0.15, -0.1) is 13.2 Å². The highest BCUT2D eigenvalue weighted by Crippen LogP contribution is 2.25. The van der Waals surface area contributed by atoms with Crippen LogP contribution in [-0.2, 0) is 12.2 Å². The van der Waals surface area contributed by atoms with Gasteiger partial charge in [0.1, 0.15) is 11.0 Å². The molecule has 3 aromatic rings. The Balaban J connectivity index is 1.55. The van der Waals surface area contributed by atoms with Gasteiger partial charge in [-0.05, 0) is 29.7 Å². The molecule has 0 radical (unpaired) electrons. The predicted molar refractivity (Wildman–Crippen MR) is 138 cm³/mol. The summed E-state index contributed by atoms with van der Waals surface area (Å²) in [5.74, 6) is 1.33. The molecule has 0 saturated carbocycles. The molecule has 0 bridgehead atoms. The van der Waals surface area contributed by atoms with Crippen molar-refractivity contribution < 1.29 is 4.79 Å². The van der Waals surface area contributed by atoms with Crippen LogP contribution in [-0.4, -0.2) is 35.5 Å². The molecule has 3 rings (SSSR count). The van der Waals surface area contributed by atoms with Gasteiger partial charge in [0.2, 0.25) is 0 Å². The molecule has 170 valence electrons. The summed E-state index contributed by atoms with van der Waals surface area (Å²) in [7, 11) is 0. The van der Waals surface area contributed by atoms with Crippen LogP contribution in [0.5, 0.6) is 0 Å². The molecule has 0 unspecified atom stereocenters. The second-order valence-corrected chi connectivity index (χ2v) is 8.62. The van der Waals surface area contributed by atoms with Crippen LogP contribution >= 0.6 is 23.4 Å². The van der Waals surface area contributed by atoms with Crippen molar-refractivity contribution in [1.29, 1.82) is 0 Å². The van der Waals surface area contributed by atoms with Gasteiger partial charge in [-0.2, -0.15) is 0 Å². The van der Waals surface area contributed by atoms with Gasteiger partial charge in [0.15, 0.2) is 5.16 Å². The van der Waals surface area contributed by atoms with E-state index in [2.05, 4.69) is 40.6 Å². The van der Waals surface area contributed by atoms with Crippen LogP contribution in [0.1, 0.15) is 21.5 Å². The van der Waals surface area contributed by atoms with Crippen molar-refractivity contribution in [3.8, 4) is 0 Å². The van der Waals surface area contributed by atoms with Crippen molar-refractivity contribution in [2.75, 3.05) is 24.5 Å². The molecule has 0 aliphatic carbocycles. The van der Waals surface area contributed by atoms with Crippen molar-refractivity contribution in [1.82, 2.24) is 15.3 Å². The third-order valence-corrected chi connectivity index (χ3v) is 5.92. The fraction of sp³-hybridized carbons (Fsp3) is 0.192. The highest BCUT2D eigenvalue weighted by atomic mass is 35.5. The van der Waals surface area contributed by atoms with E-state index in [-0.39, 0.29) is 5.91 Å². The molecule has 7 heteroatoms. The van der Waals surface area contributed by atoms with E-state index < -0.39 is 0 Å². The summed E-state index contributed by atoms with van der Waals surface area (Å²) in [6.07, 6.45) is 4.43. The summed E-state index contributed by atoms with van der Waals surface area (Å²) in [6, 6.07) is 19.4. The lowest BCUT2D eigenvalue weighted by Gasteiger charge is -2.20. The molecule has 0 aliphatic heterocycles. The quantitative estimate of drug-likeness (QED) is 0.159. The molecule has 0 aliphatic rings. The monoisotopic (exact) mass is 478 g/mol. The standard InChI is InChI=1S/C26H27ClN4OS/c1-3-16-31(17-4-2)24-18-23(27)29-26(30-24)33-19-21-10-12-22(13-11-21)25(32)28-15-14-20-8-6-5-7-9-20/h3-13,18H,1-2,14-17,19H2,(H,28,32). The van der Waals surface area contributed by atoms with E-state index >= 15 is 0 Å². The molecule has 5 nitrogen and oxygen atoms in total. The fourth-order valence-corrected chi connectivity index (χ4v) is 4.19. The third-order valence-electron chi connectivity index (χ3n) is 4.81. The van der Waals surface area contributed by atoms with Gasteiger partial charge in [-0.25, -0.2) is 9.97 Å². The summed E-state index contributed by atoms with van der Waals surface area (Å²) in [6.45, 7) is 9.46. The topological polar surface area (TPSA) is 58.1 Å². The largest absolute Gasteiger partial charge is 0.352 e. The summed E-state index contributed by atoms with van der Waals surface area (Å²) >= 11 is 7.72. The smallest absolute Gasteiger partial charge is 0.251 e. The molecule has 0 spiro atoms. The Morgan fingerprint density at radius 2 is 1.70 bits per heavy atom. The number of amides is 1. The number of nitrogens with zero attached hydrogens (tertiary/aromatic N) is 3. The van der Waals surface area contributed by atoms with E-state index in [0.29, 0.717) is 41.3 Å². The maximum Gasteiger partial charge on any atom is 0.251 e. The Kier molecular flexibility index (Phi) is 9.54. The molecule has 0 atom stereocenters. The number of halogens is 1. The summed E-state index contributed by atoms with van der Waals surface area (Å²) in [5, 5.41) is 3.96. The number of hydrogen-bond donors (Lipinski definition) is 1. The zero-order valence-corrected chi connectivity index (χ0v) is 20.0. The lowest BCUT2D eigenvalue weighted by molar-refractivity contribution is 0.0954. The lowest BCUT2D eigenvalue weighted by Crippen LogP contribution is -2.25. The summed E-state index contributed by atoms with van der Waals surface area (Å²) < 4.78 is 0. The zero-order chi connectivity index (χ0) is 23.5. The fourth-order valence-electron chi connectivity index (χ4n) is 3.15. The van der Waals surface area contributed by atoms with Crippen LogP contribution in [0.4, 0.5) is 5.82 Å². The van der Waals surface area contributed by atoms with Gasteiger partial charge >= 0.3 is 0 Å². The van der Waals surface area contributed by atoms with Crippen LogP contribution < -0.4 is 10.2 Å². The molecule has 1 aromatic heterocycles. The number of benzene rings is 2. The maximum absolute atomic E-state index is 12.4. The summed E-state index contributed by atoms with van der Waals surface area (Å²) in [4.78, 5) is 23.4. The minimum Gasteiger partial charge on any atom is -0.352 e. The Morgan fingerprint density at radius 3 is 2.36 bits per heavy atom. The van der Waals surface area contributed by atoms with Crippen molar-refractivity contribution >= 4 is 35.1 Å². The van der Waals surface area contributed by atoms with E-state index in [9.17, 15) is 4.79 Å². The molecule has 1 heterocycles. The molecule has 2 aromatic carbocycles. The van der Waals surface area contributed by atoms with Crippen LogP contribution in [0.3, 0.4) is 0 Å². The minimum atomic E-state index is -0.0718. The van der Waals surface area contributed by atoms with E-state index in [4.69, 9.17) is 11.6 Å². The molecule has 33 heavy (non-hydrogen) atoms. The van der Waals surface area contributed by atoms with Crippen LogP contribution in [0.25, 0.3) is 0 Å². The van der Waals surface area contributed by atoms with E-state index in [1.54, 1.807) is 6.07 Å². The number of hydrogen-bond acceptors (Lipinski definition) is 5. The number of thioether (sulfide) groups is 1. The molecular weight excluding hydrogens is 452 g/mol. The summed E-state index contributed by atoms with van der Waals surface area (Å²) in [5.41, 5.74) is 2.91. The molecule has 0 fully saturated rings. The van der Waals surface area contributed by atoms with Gasteiger partial charge in [-0.3, -0.25) is 4.79 Å². The van der Waals surface area contributed by atoms with E-state index in [0.717, 1.165) is 17.8 Å². The first kappa shape index (κ1) is 24.6. The Bertz CT molecular complexity index is 1060. The first-order valence-electron chi connectivity index (χ1n) is 10.6. The van der Waals surface area contributed by atoms with Gasteiger partial charge in [0, 0.05) is 37.0 Å². The van der Waals surface area contributed by atoms with E-state index in [1.165, 1.54) is 17.3 Å². The number of anilines is 1. The number of nitrogens with one attached hydrogen (secondary N) is 1. The Labute approximate surface area is 204 Å². The number of aromatic nitrogens is 2. The van der Waals surface area contributed by atoms with E-state index in [1.807, 2.05) is 59.5 Å². The van der Waals surface area contributed by atoms with Gasteiger partial charge in [-0.1, -0.05) is 78.0 Å². The second-order valence-electron chi connectivity index (χ2n) is 7.29. The highest BCUT2D eigenvalue weighted by Gasteiger charge is 2.11. The molecular formula is C26H27ClN4OS. The van der Waals surface area contributed by atoms with Crippen molar-refractivity contribution in [3.63, 3.8) is 0 Å². The maximum atomic E-state index is 12.4. The van der Waals surface area contributed by atoms with Gasteiger partial charge < -0.3 is 10.2 Å². The molecule has 1 amide bonds. The SMILES string of the molecule is C=CCN(CC=C)c1cc(Cl)nc(SCc2ccc(C(=O)NCCc3ccccc3)cc2)n1. The van der Waals surface area contributed by atoms with Crippen LogP contribution in [0.15, 0.2) is 91.1 Å². The van der Waals surface area contributed by atoms with Gasteiger partial charge in [0.05, 0.1) is 0 Å². The Morgan fingerprint density at radius 1 is 1.00 bits per heavy atom. The third kappa shape index (κ3) is 7.77. The first-order chi connectivity index (χ1) is 16.1. The second kappa shape index (κ2) is 12.8. The average molecular weight is 479 g/mol. The van der Waals surface area contributed by atoms with Crippen LogP contribution in [0, 0.1) is 0 Å². The zero-order valence-electron chi connectivity index (χ0n) is 18.4. The van der Waals surface area contributed by atoms with Crippen molar-refractivity contribution in [3.05, 3.63) is 108 Å². The average Bonchev–Trinajstić information content (AvgIpc) is 2.83. The highest BCUT2D eigenvalue weighted by molar-refractivity contribution is 7.98. The minimum absolute atomic E-state index is 0.0718. The Hall–Kier alpha value is -3.09. The number of carbonyl (C=O) groups is 1. The lowest BCUT2D eigenvalue weighted by atomic mass is 10.1. The number of carbonyl (C=O) groups excluding carboxylic acids is 1. The normalized spacial score (nSPS) is 10.5. The van der Waals surface area contributed by atoms with Gasteiger partial charge in [0.25, 0.3) is 5.91 Å². The molecule has 0 saturated heterocycles. The van der Waals surface area contributed by atoms with Crippen molar-refractivity contribution in [2.45, 2.75) is 17.3 Å². The molecule has 1 N–H and O–H groups in total. The van der Waals surface area contributed by atoms with Crippen LogP contribution in [0.2, 0.25) is 5.15 Å². The number of rotatable bonds is 12.